The first-order chi connectivity index (χ1) is 12.2. The van der Waals surface area contributed by atoms with E-state index in [0.717, 1.165) is 49.7 Å². The molecule has 0 radical (unpaired) electrons. The molecule has 0 aliphatic rings. The maximum Gasteiger partial charge on any atom is 0.253 e. The topological polar surface area (TPSA) is 68.8 Å². The lowest BCUT2D eigenvalue weighted by Crippen LogP contribution is -2.40. The van der Waals surface area contributed by atoms with Gasteiger partial charge in [-0.15, -0.1) is 0 Å². The van der Waals surface area contributed by atoms with E-state index in [1.807, 2.05) is 24.3 Å². The van der Waals surface area contributed by atoms with Crippen molar-refractivity contribution in [3.63, 3.8) is 0 Å². The van der Waals surface area contributed by atoms with Gasteiger partial charge >= 0.3 is 0 Å². The van der Waals surface area contributed by atoms with Crippen molar-refractivity contribution in [2.24, 2.45) is 4.99 Å². The number of nitrogens with one attached hydrogen (secondary N) is 3. The Morgan fingerprint density at radius 1 is 1.15 bits per heavy atom. The van der Waals surface area contributed by atoms with Crippen molar-refractivity contribution in [2.75, 3.05) is 40.3 Å². The molecular weight excluding hydrogens is 326 g/mol. The maximum absolute atomic E-state index is 12.1. The zero-order chi connectivity index (χ0) is 19.6. The van der Waals surface area contributed by atoms with E-state index in [-0.39, 0.29) is 11.4 Å². The second-order valence-corrected chi connectivity index (χ2v) is 7.51. The number of hydrogen-bond acceptors (Lipinski definition) is 3. The van der Waals surface area contributed by atoms with Crippen LogP contribution in [-0.2, 0) is 6.42 Å². The van der Waals surface area contributed by atoms with E-state index in [9.17, 15) is 4.79 Å². The standard InChI is InChI=1S/C20H35N5O/c1-7-21-19(23-13-14-24-20(2,3)4)22-12-11-16-9-8-10-17(15-16)18(26)25(5)6/h8-10,15,24H,7,11-14H2,1-6H3,(H2,21,22,23). The van der Waals surface area contributed by atoms with E-state index in [0.29, 0.717) is 0 Å². The highest BCUT2D eigenvalue weighted by atomic mass is 16.2. The molecule has 1 rings (SSSR count). The average molecular weight is 362 g/mol. The molecule has 3 N–H and O–H groups in total. The molecule has 146 valence electrons. The molecule has 0 aliphatic carbocycles. The van der Waals surface area contributed by atoms with Crippen LogP contribution in [0.4, 0.5) is 0 Å². The summed E-state index contributed by atoms with van der Waals surface area (Å²) in [6.07, 6.45) is 0.833. The van der Waals surface area contributed by atoms with Crippen molar-refractivity contribution >= 4 is 11.9 Å². The number of carbonyl (C=O) groups is 1. The highest BCUT2D eigenvalue weighted by Crippen LogP contribution is 2.07. The van der Waals surface area contributed by atoms with Crippen LogP contribution in [0.3, 0.4) is 0 Å². The van der Waals surface area contributed by atoms with Crippen LogP contribution in [0, 0.1) is 0 Å². The van der Waals surface area contributed by atoms with Crippen molar-refractivity contribution < 1.29 is 4.79 Å². The van der Waals surface area contributed by atoms with E-state index < -0.39 is 0 Å². The van der Waals surface area contributed by atoms with Crippen LogP contribution in [0.5, 0.6) is 0 Å². The van der Waals surface area contributed by atoms with Crippen LogP contribution in [0.1, 0.15) is 43.6 Å². The molecule has 6 heteroatoms. The van der Waals surface area contributed by atoms with Gasteiger partial charge in [-0.3, -0.25) is 9.79 Å². The molecule has 0 saturated heterocycles. The number of rotatable bonds is 8. The average Bonchev–Trinajstić information content (AvgIpc) is 2.57. The Bertz CT molecular complexity index is 590. The highest BCUT2D eigenvalue weighted by molar-refractivity contribution is 5.94. The van der Waals surface area contributed by atoms with Gasteiger partial charge in [-0.05, 0) is 51.8 Å². The predicted octanol–water partition coefficient (Wildman–Crippen LogP) is 1.87. The summed E-state index contributed by atoms with van der Waals surface area (Å²) in [5.74, 6) is 0.852. The van der Waals surface area contributed by atoms with Gasteiger partial charge in [-0.1, -0.05) is 12.1 Å². The SMILES string of the molecule is CCNC(=NCCNC(C)(C)C)NCCc1cccc(C(=O)N(C)C)c1. The molecule has 6 nitrogen and oxygen atoms in total. The van der Waals surface area contributed by atoms with E-state index >= 15 is 0 Å². The zero-order valence-corrected chi connectivity index (χ0v) is 17.1. The second-order valence-electron chi connectivity index (χ2n) is 7.51. The van der Waals surface area contributed by atoms with E-state index in [1.54, 1.807) is 19.0 Å². The molecule has 0 saturated carbocycles. The van der Waals surface area contributed by atoms with Crippen molar-refractivity contribution in [2.45, 2.75) is 39.7 Å². The number of amides is 1. The number of guanidine groups is 1. The number of hydrogen-bond donors (Lipinski definition) is 3. The summed E-state index contributed by atoms with van der Waals surface area (Å²) in [5, 5.41) is 10.0. The Balaban J connectivity index is 2.52. The third kappa shape index (κ3) is 8.85. The molecule has 1 aromatic rings. The summed E-state index contributed by atoms with van der Waals surface area (Å²) in [7, 11) is 3.54. The number of carbonyl (C=O) groups excluding carboxylic acids is 1. The van der Waals surface area contributed by atoms with Crippen LogP contribution in [-0.4, -0.2) is 62.6 Å². The maximum atomic E-state index is 12.1. The Morgan fingerprint density at radius 3 is 2.50 bits per heavy atom. The largest absolute Gasteiger partial charge is 0.357 e. The Kier molecular flexibility index (Phi) is 9.13. The van der Waals surface area contributed by atoms with Gasteiger partial charge < -0.3 is 20.9 Å². The van der Waals surface area contributed by atoms with Crippen LogP contribution < -0.4 is 16.0 Å². The molecule has 0 aliphatic heterocycles. The molecule has 0 aromatic heterocycles. The molecule has 0 fully saturated rings. The highest BCUT2D eigenvalue weighted by Gasteiger charge is 2.09. The zero-order valence-electron chi connectivity index (χ0n) is 17.1. The molecule has 0 unspecified atom stereocenters. The Labute approximate surface area is 158 Å². The summed E-state index contributed by atoms with van der Waals surface area (Å²) in [5.41, 5.74) is 1.97. The Morgan fingerprint density at radius 2 is 1.88 bits per heavy atom. The molecular formula is C20H35N5O. The summed E-state index contributed by atoms with van der Waals surface area (Å²) in [4.78, 5) is 18.2. The lowest BCUT2D eigenvalue weighted by Gasteiger charge is -2.20. The molecule has 0 bridgehead atoms. The molecule has 0 heterocycles. The summed E-state index contributed by atoms with van der Waals surface area (Å²) in [6, 6.07) is 7.79. The van der Waals surface area contributed by atoms with Gasteiger partial charge in [-0.25, -0.2) is 0 Å². The minimum absolute atomic E-state index is 0.0288. The van der Waals surface area contributed by atoms with Crippen molar-refractivity contribution in [1.82, 2.24) is 20.9 Å². The number of nitrogens with zero attached hydrogens (tertiary/aromatic N) is 2. The normalized spacial score (nSPS) is 12.0. The fourth-order valence-electron chi connectivity index (χ4n) is 2.38. The van der Waals surface area contributed by atoms with Gasteiger partial charge in [0, 0.05) is 44.8 Å². The third-order valence-electron chi connectivity index (χ3n) is 3.67. The van der Waals surface area contributed by atoms with E-state index in [1.165, 1.54) is 0 Å². The monoisotopic (exact) mass is 361 g/mol. The van der Waals surface area contributed by atoms with Gasteiger partial charge in [0.25, 0.3) is 5.91 Å². The van der Waals surface area contributed by atoms with E-state index in [2.05, 4.69) is 48.6 Å². The fraction of sp³-hybridized carbons (Fsp3) is 0.600. The molecule has 26 heavy (non-hydrogen) atoms. The molecule has 1 amide bonds. The first-order valence-electron chi connectivity index (χ1n) is 9.30. The van der Waals surface area contributed by atoms with Crippen LogP contribution >= 0.6 is 0 Å². The van der Waals surface area contributed by atoms with Crippen LogP contribution in [0.25, 0.3) is 0 Å². The molecule has 0 atom stereocenters. The lowest BCUT2D eigenvalue weighted by molar-refractivity contribution is 0.0827. The van der Waals surface area contributed by atoms with Crippen molar-refractivity contribution in [3.05, 3.63) is 35.4 Å². The lowest BCUT2D eigenvalue weighted by atomic mass is 10.1. The third-order valence-corrected chi connectivity index (χ3v) is 3.67. The van der Waals surface area contributed by atoms with Gasteiger partial charge in [0.1, 0.15) is 0 Å². The Hall–Kier alpha value is -2.08. The van der Waals surface area contributed by atoms with Crippen molar-refractivity contribution in [3.8, 4) is 0 Å². The summed E-state index contributed by atoms with van der Waals surface area (Å²) >= 11 is 0. The minimum atomic E-state index is 0.0288. The minimum Gasteiger partial charge on any atom is -0.357 e. The van der Waals surface area contributed by atoms with Gasteiger partial charge in [-0.2, -0.15) is 0 Å². The summed E-state index contributed by atoms with van der Waals surface area (Å²) < 4.78 is 0. The quantitative estimate of drug-likeness (QED) is 0.376. The summed E-state index contributed by atoms with van der Waals surface area (Å²) in [6.45, 7) is 11.7. The second kappa shape index (κ2) is 10.8. The number of benzene rings is 1. The first kappa shape index (κ1) is 22.0. The van der Waals surface area contributed by atoms with Crippen molar-refractivity contribution in [1.29, 1.82) is 0 Å². The molecule has 0 spiro atoms. The molecule has 1 aromatic carbocycles. The fourth-order valence-corrected chi connectivity index (χ4v) is 2.38. The predicted molar refractivity (Wildman–Crippen MR) is 110 cm³/mol. The number of aliphatic imine (C=N–C) groups is 1. The van der Waals surface area contributed by atoms with Gasteiger partial charge in [0.2, 0.25) is 0 Å². The smallest absolute Gasteiger partial charge is 0.253 e. The van der Waals surface area contributed by atoms with Gasteiger partial charge in [0.05, 0.1) is 6.54 Å². The van der Waals surface area contributed by atoms with Crippen LogP contribution in [0.15, 0.2) is 29.3 Å². The first-order valence-corrected chi connectivity index (χ1v) is 9.30. The van der Waals surface area contributed by atoms with E-state index in [4.69, 9.17) is 0 Å². The van der Waals surface area contributed by atoms with Gasteiger partial charge in [0.15, 0.2) is 5.96 Å². The van der Waals surface area contributed by atoms with Crippen LogP contribution in [0.2, 0.25) is 0 Å².